The largest absolute Gasteiger partial charge is 0.497 e. The minimum Gasteiger partial charge on any atom is -0.497 e. The van der Waals surface area contributed by atoms with E-state index in [1.165, 1.54) is 18.4 Å². The minimum atomic E-state index is 0.394. The van der Waals surface area contributed by atoms with Gasteiger partial charge in [-0.05, 0) is 44.0 Å². The van der Waals surface area contributed by atoms with Gasteiger partial charge >= 0.3 is 0 Å². The molecular weight excluding hydrogens is 212 g/mol. The lowest BCUT2D eigenvalue weighted by Gasteiger charge is -2.27. The van der Waals surface area contributed by atoms with Gasteiger partial charge < -0.3 is 15.4 Å². The van der Waals surface area contributed by atoms with Gasteiger partial charge in [-0.3, -0.25) is 0 Å². The average molecular weight is 234 g/mol. The van der Waals surface area contributed by atoms with Gasteiger partial charge in [-0.15, -0.1) is 0 Å². The molecule has 0 aliphatic carbocycles. The molecule has 0 spiro atoms. The standard InChI is InChI=1S/C14H22N2O/c1-11(16-13-4-3-9-15-10-13)12-5-7-14(17-2)8-6-12/h5-8,11,13,15-16H,3-4,9-10H2,1-2H3/t11-,13?/m0/s1. The van der Waals surface area contributed by atoms with Crippen molar-refractivity contribution in [3.05, 3.63) is 29.8 Å². The molecule has 2 atom stereocenters. The number of hydrogen-bond acceptors (Lipinski definition) is 3. The minimum absolute atomic E-state index is 0.394. The second-order valence-corrected chi connectivity index (χ2v) is 4.70. The summed E-state index contributed by atoms with van der Waals surface area (Å²) in [6.07, 6.45) is 2.54. The van der Waals surface area contributed by atoms with E-state index in [9.17, 15) is 0 Å². The lowest BCUT2D eigenvalue weighted by Crippen LogP contribution is -2.43. The molecule has 1 aromatic rings. The number of rotatable bonds is 4. The van der Waals surface area contributed by atoms with Crippen molar-refractivity contribution >= 4 is 0 Å². The van der Waals surface area contributed by atoms with E-state index in [1.54, 1.807) is 7.11 Å². The van der Waals surface area contributed by atoms with Crippen LogP contribution in [0.3, 0.4) is 0 Å². The van der Waals surface area contributed by atoms with E-state index in [2.05, 4.69) is 29.7 Å². The van der Waals surface area contributed by atoms with Gasteiger partial charge in [0.1, 0.15) is 5.75 Å². The third-order valence-electron chi connectivity index (χ3n) is 3.40. The van der Waals surface area contributed by atoms with Crippen LogP contribution >= 0.6 is 0 Å². The predicted octanol–water partition coefficient (Wildman–Crippen LogP) is 2.10. The van der Waals surface area contributed by atoms with Gasteiger partial charge in [0.25, 0.3) is 0 Å². The molecule has 2 N–H and O–H groups in total. The third-order valence-corrected chi connectivity index (χ3v) is 3.40. The van der Waals surface area contributed by atoms with Gasteiger partial charge in [0.15, 0.2) is 0 Å². The van der Waals surface area contributed by atoms with E-state index in [1.807, 2.05) is 12.1 Å². The molecule has 94 valence electrons. The van der Waals surface area contributed by atoms with Gasteiger partial charge in [0.2, 0.25) is 0 Å². The van der Waals surface area contributed by atoms with Crippen molar-refractivity contribution in [2.75, 3.05) is 20.2 Å². The lowest BCUT2D eigenvalue weighted by atomic mass is 10.0. The summed E-state index contributed by atoms with van der Waals surface area (Å²) in [5, 5.41) is 7.10. The SMILES string of the molecule is COc1ccc([C@H](C)NC2CCCNC2)cc1. The molecule has 1 unspecified atom stereocenters. The fourth-order valence-corrected chi connectivity index (χ4v) is 2.34. The number of benzene rings is 1. The van der Waals surface area contributed by atoms with E-state index >= 15 is 0 Å². The molecule has 1 fully saturated rings. The second kappa shape index (κ2) is 6.03. The van der Waals surface area contributed by atoms with Crippen LogP contribution in [0.4, 0.5) is 0 Å². The Kier molecular flexibility index (Phi) is 4.40. The van der Waals surface area contributed by atoms with Crippen molar-refractivity contribution in [1.29, 1.82) is 0 Å². The van der Waals surface area contributed by atoms with E-state index in [0.29, 0.717) is 12.1 Å². The molecule has 1 aliphatic heterocycles. The Labute approximate surface area is 104 Å². The first kappa shape index (κ1) is 12.4. The zero-order chi connectivity index (χ0) is 12.1. The van der Waals surface area contributed by atoms with Crippen LogP contribution in [0.2, 0.25) is 0 Å². The highest BCUT2D eigenvalue weighted by Gasteiger charge is 2.15. The first-order valence-electron chi connectivity index (χ1n) is 6.40. The van der Waals surface area contributed by atoms with Crippen LogP contribution in [0.5, 0.6) is 5.75 Å². The maximum Gasteiger partial charge on any atom is 0.118 e. The summed E-state index contributed by atoms with van der Waals surface area (Å²) in [5.74, 6) is 0.917. The van der Waals surface area contributed by atoms with Crippen LogP contribution in [0.25, 0.3) is 0 Å². The normalized spacial score (nSPS) is 22.1. The quantitative estimate of drug-likeness (QED) is 0.837. The van der Waals surface area contributed by atoms with Gasteiger partial charge in [-0.2, -0.15) is 0 Å². The summed E-state index contributed by atoms with van der Waals surface area (Å²) in [5.41, 5.74) is 1.32. The summed E-state index contributed by atoms with van der Waals surface area (Å²) < 4.78 is 5.17. The van der Waals surface area contributed by atoms with E-state index < -0.39 is 0 Å². The number of nitrogens with one attached hydrogen (secondary N) is 2. The van der Waals surface area contributed by atoms with E-state index in [4.69, 9.17) is 4.74 Å². The third kappa shape index (κ3) is 3.45. The van der Waals surface area contributed by atoms with Crippen LogP contribution in [0, 0.1) is 0 Å². The van der Waals surface area contributed by atoms with E-state index in [-0.39, 0.29) is 0 Å². The van der Waals surface area contributed by atoms with Crippen LogP contribution in [-0.4, -0.2) is 26.2 Å². The Morgan fingerprint density at radius 1 is 1.35 bits per heavy atom. The highest BCUT2D eigenvalue weighted by molar-refractivity contribution is 5.28. The van der Waals surface area contributed by atoms with Crippen molar-refractivity contribution in [1.82, 2.24) is 10.6 Å². The Hall–Kier alpha value is -1.06. The Morgan fingerprint density at radius 3 is 2.71 bits per heavy atom. The van der Waals surface area contributed by atoms with Crippen molar-refractivity contribution < 1.29 is 4.74 Å². The van der Waals surface area contributed by atoms with Crippen LogP contribution in [0.15, 0.2) is 24.3 Å². The van der Waals surface area contributed by atoms with Crippen molar-refractivity contribution in [2.24, 2.45) is 0 Å². The highest BCUT2D eigenvalue weighted by atomic mass is 16.5. The molecule has 0 radical (unpaired) electrons. The van der Waals surface area contributed by atoms with Crippen molar-refractivity contribution in [2.45, 2.75) is 31.8 Å². The van der Waals surface area contributed by atoms with Crippen LogP contribution in [-0.2, 0) is 0 Å². The topological polar surface area (TPSA) is 33.3 Å². The smallest absolute Gasteiger partial charge is 0.118 e. The summed E-state index contributed by atoms with van der Waals surface area (Å²) >= 11 is 0. The van der Waals surface area contributed by atoms with Crippen molar-refractivity contribution in [3.8, 4) is 5.75 Å². The molecular formula is C14H22N2O. The fourth-order valence-electron chi connectivity index (χ4n) is 2.34. The Bertz CT molecular complexity index is 331. The molecule has 1 aromatic carbocycles. The average Bonchev–Trinajstić information content (AvgIpc) is 2.40. The van der Waals surface area contributed by atoms with Crippen LogP contribution in [0.1, 0.15) is 31.4 Å². The van der Waals surface area contributed by atoms with Gasteiger partial charge in [-0.1, -0.05) is 12.1 Å². The first-order chi connectivity index (χ1) is 8.29. The molecule has 1 aliphatic rings. The number of methoxy groups -OCH3 is 1. The summed E-state index contributed by atoms with van der Waals surface area (Å²) in [4.78, 5) is 0. The Morgan fingerprint density at radius 2 is 2.12 bits per heavy atom. The number of piperidine rings is 1. The molecule has 0 saturated carbocycles. The van der Waals surface area contributed by atoms with Crippen molar-refractivity contribution in [3.63, 3.8) is 0 Å². The maximum atomic E-state index is 5.17. The molecule has 3 nitrogen and oxygen atoms in total. The summed E-state index contributed by atoms with van der Waals surface area (Å²) in [7, 11) is 1.70. The van der Waals surface area contributed by atoms with Gasteiger partial charge in [-0.25, -0.2) is 0 Å². The molecule has 2 rings (SSSR count). The summed E-state index contributed by atoms with van der Waals surface area (Å²) in [6, 6.07) is 9.30. The van der Waals surface area contributed by atoms with Crippen LogP contribution < -0.4 is 15.4 Å². The molecule has 17 heavy (non-hydrogen) atoms. The molecule has 0 aromatic heterocycles. The molecule has 1 saturated heterocycles. The maximum absolute atomic E-state index is 5.17. The molecule has 1 heterocycles. The van der Waals surface area contributed by atoms with Gasteiger partial charge in [0.05, 0.1) is 7.11 Å². The first-order valence-corrected chi connectivity index (χ1v) is 6.40. The number of hydrogen-bond donors (Lipinski definition) is 2. The predicted molar refractivity (Wildman–Crippen MR) is 70.4 cm³/mol. The zero-order valence-corrected chi connectivity index (χ0v) is 10.7. The zero-order valence-electron chi connectivity index (χ0n) is 10.7. The highest BCUT2D eigenvalue weighted by Crippen LogP contribution is 2.18. The lowest BCUT2D eigenvalue weighted by molar-refractivity contribution is 0.362. The van der Waals surface area contributed by atoms with Gasteiger partial charge in [0, 0.05) is 18.6 Å². The number of ether oxygens (including phenoxy) is 1. The monoisotopic (exact) mass is 234 g/mol. The Balaban J connectivity index is 1.91. The summed E-state index contributed by atoms with van der Waals surface area (Å²) in [6.45, 7) is 4.46. The molecule has 3 heteroatoms. The molecule has 0 amide bonds. The fraction of sp³-hybridized carbons (Fsp3) is 0.571. The second-order valence-electron chi connectivity index (χ2n) is 4.70. The van der Waals surface area contributed by atoms with E-state index in [0.717, 1.165) is 18.8 Å². The molecule has 0 bridgehead atoms.